The summed E-state index contributed by atoms with van der Waals surface area (Å²) >= 11 is 0. The maximum absolute atomic E-state index is 11.1. The Morgan fingerprint density at radius 1 is 1.38 bits per heavy atom. The van der Waals surface area contributed by atoms with E-state index >= 15 is 0 Å². The summed E-state index contributed by atoms with van der Waals surface area (Å²) in [7, 11) is -3.61. The number of benzene rings is 1. The second kappa shape index (κ2) is 3.91. The molecule has 1 fully saturated rings. The van der Waals surface area contributed by atoms with Crippen LogP contribution in [0, 0.1) is 11.8 Å². The fraction of sp³-hybridized carbons (Fsp3) is 0.273. The molecule has 0 amide bonds. The number of rotatable bonds is 0. The molecule has 1 atom stereocenters. The zero-order valence-corrected chi connectivity index (χ0v) is 9.54. The number of hydrogen-bond acceptors (Lipinski definition) is 3. The summed E-state index contributed by atoms with van der Waals surface area (Å²) in [5.74, 6) is 5.77. The average molecular weight is 237 g/mol. The molecule has 1 aliphatic rings. The lowest BCUT2D eigenvalue weighted by atomic mass is 10.1. The van der Waals surface area contributed by atoms with Gasteiger partial charge < -0.3 is 0 Å². The molecule has 1 saturated heterocycles. The Morgan fingerprint density at radius 3 is 2.62 bits per heavy atom. The molecular formula is C11H11NO3S. The highest BCUT2D eigenvalue weighted by atomic mass is 32.2. The lowest BCUT2D eigenvalue weighted by Crippen LogP contribution is -2.38. The van der Waals surface area contributed by atoms with Crippen LogP contribution >= 0.6 is 0 Å². The summed E-state index contributed by atoms with van der Waals surface area (Å²) in [6.07, 6.45) is 0. The number of nitrogens with one attached hydrogen (secondary N) is 1. The zero-order valence-electron chi connectivity index (χ0n) is 8.73. The van der Waals surface area contributed by atoms with E-state index < -0.39 is 15.8 Å². The summed E-state index contributed by atoms with van der Waals surface area (Å²) in [6.45, 7) is 1.72. The fourth-order valence-electron chi connectivity index (χ4n) is 1.32. The van der Waals surface area contributed by atoms with Crippen molar-refractivity contribution in [3.8, 4) is 11.8 Å². The molecule has 0 bridgehead atoms. The van der Waals surface area contributed by atoms with Gasteiger partial charge in [-0.2, -0.15) is 13.1 Å². The van der Waals surface area contributed by atoms with Crippen molar-refractivity contribution in [2.45, 2.75) is 12.5 Å². The SMILES string of the molecule is CC1(C#Cc2ccccc2)COS(=O)(=O)N1. The first-order valence-electron chi connectivity index (χ1n) is 4.76. The Kier molecular flexibility index (Phi) is 2.72. The van der Waals surface area contributed by atoms with Gasteiger partial charge in [0.1, 0.15) is 5.54 Å². The summed E-state index contributed by atoms with van der Waals surface area (Å²) in [5.41, 5.74) is 0.00381. The maximum atomic E-state index is 11.1. The smallest absolute Gasteiger partial charge is 0.255 e. The van der Waals surface area contributed by atoms with Gasteiger partial charge in [0.15, 0.2) is 0 Å². The first-order valence-corrected chi connectivity index (χ1v) is 6.17. The Labute approximate surface area is 94.9 Å². The van der Waals surface area contributed by atoms with E-state index in [2.05, 4.69) is 20.7 Å². The molecule has 0 radical (unpaired) electrons. The van der Waals surface area contributed by atoms with Crippen molar-refractivity contribution in [3.05, 3.63) is 35.9 Å². The standard InChI is InChI=1S/C11H11NO3S/c1-11(9-15-16(13,14)12-11)8-7-10-5-3-2-4-6-10/h2-6,12H,9H2,1H3. The second-order valence-corrected chi connectivity index (χ2v) is 5.11. The van der Waals surface area contributed by atoms with Gasteiger partial charge in [-0.1, -0.05) is 30.0 Å². The van der Waals surface area contributed by atoms with Gasteiger partial charge in [0.2, 0.25) is 0 Å². The van der Waals surface area contributed by atoms with E-state index in [1.165, 1.54) is 0 Å². The Bertz CT molecular complexity index is 542. The summed E-state index contributed by atoms with van der Waals surface area (Å²) in [5, 5.41) is 0. The number of hydrogen-bond donors (Lipinski definition) is 1. The molecule has 1 aromatic rings. The third-order valence-electron chi connectivity index (χ3n) is 2.11. The van der Waals surface area contributed by atoms with Gasteiger partial charge in [0.05, 0.1) is 6.61 Å². The van der Waals surface area contributed by atoms with Crippen LogP contribution in [0.3, 0.4) is 0 Å². The van der Waals surface area contributed by atoms with Crippen molar-refractivity contribution in [1.29, 1.82) is 0 Å². The lowest BCUT2D eigenvalue weighted by molar-refractivity contribution is 0.318. The van der Waals surface area contributed by atoms with Crippen LogP contribution in [0.4, 0.5) is 0 Å². The second-order valence-electron chi connectivity index (χ2n) is 3.77. The molecule has 4 nitrogen and oxygen atoms in total. The van der Waals surface area contributed by atoms with Gasteiger partial charge in [0, 0.05) is 5.56 Å². The van der Waals surface area contributed by atoms with E-state index in [-0.39, 0.29) is 6.61 Å². The van der Waals surface area contributed by atoms with E-state index in [0.717, 1.165) is 5.56 Å². The quantitative estimate of drug-likeness (QED) is 0.674. The molecule has 0 saturated carbocycles. The molecule has 0 spiro atoms. The monoisotopic (exact) mass is 237 g/mol. The van der Waals surface area contributed by atoms with Crippen LogP contribution in [0.15, 0.2) is 30.3 Å². The van der Waals surface area contributed by atoms with E-state index in [4.69, 9.17) is 0 Å². The van der Waals surface area contributed by atoms with E-state index in [0.29, 0.717) is 0 Å². The highest BCUT2D eigenvalue weighted by Gasteiger charge is 2.37. The Morgan fingerprint density at radius 2 is 2.06 bits per heavy atom. The molecule has 0 aliphatic carbocycles. The predicted octanol–water partition coefficient (Wildman–Crippen LogP) is 0.661. The van der Waals surface area contributed by atoms with Gasteiger partial charge in [-0.25, -0.2) is 0 Å². The molecule has 2 rings (SSSR count). The first kappa shape index (κ1) is 11.1. The van der Waals surface area contributed by atoms with E-state index in [1.54, 1.807) is 6.92 Å². The minimum absolute atomic E-state index is 0.0369. The van der Waals surface area contributed by atoms with Crippen molar-refractivity contribution in [1.82, 2.24) is 4.72 Å². The van der Waals surface area contributed by atoms with Crippen LogP contribution < -0.4 is 4.72 Å². The van der Waals surface area contributed by atoms with Crippen LogP contribution in [0.1, 0.15) is 12.5 Å². The molecule has 1 heterocycles. The molecule has 1 N–H and O–H groups in total. The van der Waals surface area contributed by atoms with Gasteiger partial charge in [-0.05, 0) is 19.1 Å². The first-order chi connectivity index (χ1) is 7.49. The molecule has 84 valence electrons. The van der Waals surface area contributed by atoms with Gasteiger partial charge in [-0.3, -0.25) is 4.18 Å². The Hall–Kier alpha value is -1.35. The minimum Gasteiger partial charge on any atom is -0.255 e. The third kappa shape index (κ3) is 2.61. The van der Waals surface area contributed by atoms with E-state index in [9.17, 15) is 8.42 Å². The lowest BCUT2D eigenvalue weighted by Gasteiger charge is -2.10. The maximum Gasteiger partial charge on any atom is 0.337 e. The molecule has 1 unspecified atom stereocenters. The van der Waals surface area contributed by atoms with Gasteiger partial charge >= 0.3 is 10.3 Å². The van der Waals surface area contributed by atoms with Crippen LogP contribution in [0.25, 0.3) is 0 Å². The van der Waals surface area contributed by atoms with Gasteiger partial charge in [0.25, 0.3) is 0 Å². The minimum atomic E-state index is -3.61. The van der Waals surface area contributed by atoms with Crippen molar-refractivity contribution in [3.63, 3.8) is 0 Å². The summed E-state index contributed by atoms with van der Waals surface area (Å²) in [4.78, 5) is 0. The van der Waals surface area contributed by atoms with Crippen molar-refractivity contribution in [2.24, 2.45) is 0 Å². The molecule has 1 aromatic carbocycles. The summed E-state index contributed by atoms with van der Waals surface area (Å²) < 4.78 is 29.1. The average Bonchev–Trinajstić information content (AvgIpc) is 2.53. The molecule has 16 heavy (non-hydrogen) atoms. The van der Waals surface area contributed by atoms with Crippen LogP contribution in [0.5, 0.6) is 0 Å². The van der Waals surface area contributed by atoms with Crippen molar-refractivity contribution in [2.75, 3.05) is 6.61 Å². The normalized spacial score (nSPS) is 27.1. The van der Waals surface area contributed by atoms with Gasteiger partial charge in [-0.15, -0.1) is 0 Å². The molecule has 5 heteroatoms. The topological polar surface area (TPSA) is 55.4 Å². The van der Waals surface area contributed by atoms with E-state index in [1.807, 2.05) is 30.3 Å². The predicted molar refractivity (Wildman–Crippen MR) is 59.7 cm³/mol. The summed E-state index contributed by atoms with van der Waals surface area (Å²) in [6, 6.07) is 9.37. The van der Waals surface area contributed by atoms with Crippen molar-refractivity contribution >= 4 is 10.3 Å². The molecule has 1 aliphatic heterocycles. The molecular weight excluding hydrogens is 226 g/mol. The van der Waals surface area contributed by atoms with Crippen LogP contribution in [0.2, 0.25) is 0 Å². The van der Waals surface area contributed by atoms with Crippen LogP contribution in [-0.2, 0) is 14.5 Å². The highest BCUT2D eigenvalue weighted by Crippen LogP contribution is 2.15. The van der Waals surface area contributed by atoms with Crippen LogP contribution in [-0.4, -0.2) is 20.6 Å². The zero-order chi connectivity index (χ0) is 11.6. The fourth-order valence-corrected chi connectivity index (χ4v) is 2.43. The Balaban J connectivity index is 2.20. The largest absolute Gasteiger partial charge is 0.337 e. The molecule has 0 aromatic heterocycles. The highest BCUT2D eigenvalue weighted by molar-refractivity contribution is 7.85. The third-order valence-corrected chi connectivity index (χ3v) is 3.24. The van der Waals surface area contributed by atoms with Crippen molar-refractivity contribution < 1.29 is 12.6 Å².